The normalized spacial score (nSPS) is 12.3. The van der Waals surface area contributed by atoms with Gasteiger partial charge in [-0.3, -0.25) is 0 Å². The molecule has 0 fully saturated rings. The molecule has 2 heterocycles. The highest BCUT2D eigenvalue weighted by Crippen LogP contribution is 2.41. The van der Waals surface area contributed by atoms with Crippen molar-refractivity contribution in [1.29, 1.82) is 0 Å². The smallest absolute Gasteiger partial charge is 0.507 e. The van der Waals surface area contributed by atoms with E-state index in [2.05, 4.69) is 9.72 Å². The molecule has 0 saturated carbocycles. The van der Waals surface area contributed by atoms with Gasteiger partial charge in [0.05, 0.1) is 29.0 Å². The van der Waals surface area contributed by atoms with Gasteiger partial charge in [-0.05, 0) is 53.6 Å². The van der Waals surface area contributed by atoms with Gasteiger partial charge in [-0.2, -0.15) is 0 Å². The number of carbonyl (C=O) groups excluding carboxylic acids is 1. The first kappa shape index (κ1) is 28.6. The van der Waals surface area contributed by atoms with Crippen LogP contribution >= 0.6 is 0 Å². The SMILES string of the molecule is O=C(OCCc1c(C(c2ccc(OC(F)(F)F)cc2)c2c(O)c3ccccc3oc2=O)[nH]c2ccccc12)c1ccccc1. The molecule has 1 unspecified atom stereocenters. The third-order valence-electron chi connectivity index (χ3n) is 7.29. The number of alkyl halides is 3. The second kappa shape index (κ2) is 11.6. The van der Waals surface area contributed by atoms with Gasteiger partial charge < -0.3 is 24.0 Å². The second-order valence-electron chi connectivity index (χ2n) is 10.0. The van der Waals surface area contributed by atoms with E-state index in [1.54, 1.807) is 54.6 Å². The van der Waals surface area contributed by atoms with Gasteiger partial charge in [0.15, 0.2) is 0 Å². The highest BCUT2D eigenvalue weighted by molar-refractivity contribution is 5.90. The molecule has 2 aromatic heterocycles. The predicted molar refractivity (Wildman–Crippen MR) is 157 cm³/mol. The molecule has 1 atom stereocenters. The lowest BCUT2D eigenvalue weighted by Crippen LogP contribution is -2.18. The van der Waals surface area contributed by atoms with Gasteiger partial charge in [0.2, 0.25) is 0 Å². The molecule has 0 amide bonds. The average molecular weight is 600 g/mol. The van der Waals surface area contributed by atoms with Gasteiger partial charge in [-0.25, -0.2) is 9.59 Å². The Balaban J connectivity index is 1.48. The number of para-hydroxylation sites is 2. The lowest BCUT2D eigenvalue weighted by molar-refractivity contribution is -0.274. The van der Waals surface area contributed by atoms with E-state index in [1.165, 1.54) is 12.1 Å². The van der Waals surface area contributed by atoms with Crippen molar-refractivity contribution in [3.8, 4) is 11.5 Å². The number of hydrogen-bond acceptors (Lipinski definition) is 6. The van der Waals surface area contributed by atoms with E-state index in [1.807, 2.05) is 24.3 Å². The largest absolute Gasteiger partial charge is 0.573 e. The number of nitrogens with one attached hydrogen (secondary N) is 1. The molecule has 0 aliphatic rings. The zero-order chi connectivity index (χ0) is 30.8. The van der Waals surface area contributed by atoms with Crippen LogP contribution in [0.2, 0.25) is 0 Å². The summed E-state index contributed by atoms with van der Waals surface area (Å²) in [6, 6.07) is 27.4. The molecule has 44 heavy (non-hydrogen) atoms. The molecule has 0 aliphatic carbocycles. The minimum absolute atomic E-state index is 0.00797. The first-order valence-electron chi connectivity index (χ1n) is 13.6. The van der Waals surface area contributed by atoms with Crippen LogP contribution in [0.15, 0.2) is 112 Å². The number of carbonyl (C=O) groups is 1. The number of aromatic nitrogens is 1. The van der Waals surface area contributed by atoms with E-state index in [4.69, 9.17) is 9.15 Å². The Morgan fingerprint density at radius 1 is 0.864 bits per heavy atom. The van der Waals surface area contributed by atoms with Crippen molar-refractivity contribution in [2.24, 2.45) is 0 Å². The zero-order valence-corrected chi connectivity index (χ0v) is 22.9. The van der Waals surface area contributed by atoms with E-state index >= 15 is 0 Å². The highest BCUT2D eigenvalue weighted by Gasteiger charge is 2.33. The third kappa shape index (κ3) is 5.74. The minimum atomic E-state index is -4.89. The van der Waals surface area contributed by atoms with Crippen molar-refractivity contribution < 1.29 is 37.0 Å². The van der Waals surface area contributed by atoms with Gasteiger partial charge in [0, 0.05) is 23.0 Å². The van der Waals surface area contributed by atoms with Crippen molar-refractivity contribution in [1.82, 2.24) is 4.98 Å². The first-order valence-corrected chi connectivity index (χ1v) is 13.6. The van der Waals surface area contributed by atoms with Crippen molar-refractivity contribution in [2.45, 2.75) is 18.7 Å². The van der Waals surface area contributed by atoms with E-state index < -0.39 is 29.6 Å². The van der Waals surface area contributed by atoms with E-state index in [9.17, 15) is 27.9 Å². The van der Waals surface area contributed by atoms with Crippen LogP contribution in [-0.2, 0) is 11.2 Å². The van der Waals surface area contributed by atoms with Crippen LogP contribution in [0.5, 0.6) is 11.5 Å². The Labute approximate surface area is 248 Å². The number of H-pyrrole nitrogens is 1. The van der Waals surface area contributed by atoms with Crippen molar-refractivity contribution in [3.05, 3.63) is 141 Å². The van der Waals surface area contributed by atoms with E-state index in [0.29, 0.717) is 33.3 Å². The maximum Gasteiger partial charge on any atom is 0.573 e. The van der Waals surface area contributed by atoms with Crippen LogP contribution in [0, 0.1) is 0 Å². The van der Waals surface area contributed by atoms with Crippen LogP contribution < -0.4 is 10.4 Å². The monoisotopic (exact) mass is 599 g/mol. The summed E-state index contributed by atoms with van der Waals surface area (Å²) in [7, 11) is 0. The van der Waals surface area contributed by atoms with Crippen LogP contribution in [0.4, 0.5) is 13.2 Å². The fourth-order valence-corrected chi connectivity index (χ4v) is 5.38. The molecular formula is C34H24F3NO6. The molecule has 6 rings (SSSR count). The standard InChI is InChI=1S/C34H24F3NO6/c35-34(36,37)44-22-16-14-20(15-17-22)28(29-31(39)25-11-5-7-13-27(25)43-33(29)41)30-24(23-10-4-6-12-26(23)38-30)18-19-42-32(40)21-8-2-1-3-9-21/h1-17,28,38-39H,18-19H2. The zero-order valence-electron chi connectivity index (χ0n) is 22.9. The topological polar surface area (TPSA) is 102 Å². The third-order valence-corrected chi connectivity index (χ3v) is 7.29. The minimum Gasteiger partial charge on any atom is -0.507 e. The number of esters is 1. The summed E-state index contributed by atoms with van der Waals surface area (Å²) < 4.78 is 53.9. The van der Waals surface area contributed by atoms with Crippen molar-refractivity contribution in [2.75, 3.05) is 6.61 Å². The Kier molecular flexibility index (Phi) is 7.57. The average Bonchev–Trinajstić information content (AvgIpc) is 3.37. The quantitative estimate of drug-likeness (QED) is 0.139. The summed E-state index contributed by atoms with van der Waals surface area (Å²) >= 11 is 0. The first-order chi connectivity index (χ1) is 21.2. The maximum atomic E-state index is 13.5. The molecule has 0 bridgehead atoms. The maximum absolute atomic E-state index is 13.5. The fourth-order valence-electron chi connectivity index (χ4n) is 5.38. The number of rotatable bonds is 8. The fraction of sp³-hybridized carbons (Fsp3) is 0.118. The molecule has 0 radical (unpaired) electrons. The number of ether oxygens (including phenoxy) is 2. The van der Waals surface area contributed by atoms with Gasteiger partial charge in [-0.1, -0.05) is 60.7 Å². The van der Waals surface area contributed by atoms with Crippen LogP contribution in [-0.4, -0.2) is 29.0 Å². The van der Waals surface area contributed by atoms with E-state index in [-0.39, 0.29) is 29.9 Å². The van der Waals surface area contributed by atoms with E-state index in [0.717, 1.165) is 17.5 Å². The Hall–Kier alpha value is -5.51. The Morgan fingerprint density at radius 2 is 1.52 bits per heavy atom. The Morgan fingerprint density at radius 3 is 2.25 bits per heavy atom. The molecule has 6 aromatic rings. The molecular weight excluding hydrogens is 575 g/mol. The molecule has 10 heteroatoms. The van der Waals surface area contributed by atoms with Gasteiger partial charge in [0.1, 0.15) is 17.1 Å². The number of aromatic amines is 1. The van der Waals surface area contributed by atoms with Crippen LogP contribution in [0.25, 0.3) is 21.9 Å². The second-order valence-corrected chi connectivity index (χ2v) is 10.0. The molecule has 0 saturated heterocycles. The number of halogens is 3. The number of fused-ring (bicyclic) bond motifs is 2. The summed E-state index contributed by atoms with van der Waals surface area (Å²) in [6.45, 7) is -0.00797. The molecule has 222 valence electrons. The van der Waals surface area contributed by atoms with Crippen LogP contribution in [0.1, 0.15) is 38.7 Å². The number of aromatic hydroxyl groups is 1. The summed E-state index contributed by atoms with van der Waals surface area (Å²) in [5, 5.41) is 12.5. The Bertz CT molecular complexity index is 2010. The molecule has 4 aromatic carbocycles. The molecule has 7 nitrogen and oxygen atoms in total. The lowest BCUT2D eigenvalue weighted by atomic mass is 9.85. The number of hydrogen-bond donors (Lipinski definition) is 2. The molecule has 0 spiro atoms. The summed E-state index contributed by atoms with van der Waals surface area (Å²) in [6.07, 6.45) is -4.66. The summed E-state index contributed by atoms with van der Waals surface area (Å²) in [5.41, 5.74) is 1.90. The van der Waals surface area contributed by atoms with Gasteiger partial charge in [-0.15, -0.1) is 13.2 Å². The highest BCUT2D eigenvalue weighted by atomic mass is 19.4. The van der Waals surface area contributed by atoms with Crippen molar-refractivity contribution >= 4 is 27.8 Å². The lowest BCUT2D eigenvalue weighted by Gasteiger charge is -2.20. The predicted octanol–water partition coefficient (Wildman–Crippen LogP) is 7.46. The molecule has 0 aliphatic heterocycles. The van der Waals surface area contributed by atoms with Crippen LogP contribution in [0.3, 0.4) is 0 Å². The van der Waals surface area contributed by atoms with Gasteiger partial charge >= 0.3 is 18.0 Å². The van der Waals surface area contributed by atoms with Gasteiger partial charge in [0.25, 0.3) is 0 Å². The summed E-state index contributed by atoms with van der Waals surface area (Å²) in [5.74, 6) is -2.28. The molecule has 2 N–H and O–H groups in total. The summed E-state index contributed by atoms with van der Waals surface area (Å²) in [4.78, 5) is 29.5. The number of benzene rings is 4. The van der Waals surface area contributed by atoms with Crippen molar-refractivity contribution in [3.63, 3.8) is 0 Å².